The van der Waals surface area contributed by atoms with Crippen molar-refractivity contribution in [3.63, 3.8) is 0 Å². The van der Waals surface area contributed by atoms with E-state index in [0.717, 1.165) is 41.5 Å². The Hall–Kier alpha value is -1.92. The maximum atomic E-state index is 5.60. The first-order valence-corrected chi connectivity index (χ1v) is 8.33. The Balaban J connectivity index is 1.50. The molecular formula is C16H17N3O2S. The summed E-state index contributed by atoms with van der Waals surface area (Å²) in [6.45, 7) is 3.78. The van der Waals surface area contributed by atoms with Crippen LogP contribution in [0.2, 0.25) is 0 Å². The van der Waals surface area contributed by atoms with Crippen molar-refractivity contribution in [1.82, 2.24) is 15.0 Å². The summed E-state index contributed by atoms with van der Waals surface area (Å²) < 4.78 is 11.0. The Morgan fingerprint density at radius 1 is 1.45 bits per heavy atom. The molecule has 0 aliphatic carbocycles. The summed E-state index contributed by atoms with van der Waals surface area (Å²) in [5.74, 6) is 1.66. The Kier molecular flexibility index (Phi) is 3.56. The van der Waals surface area contributed by atoms with Crippen LogP contribution < -0.4 is 0 Å². The van der Waals surface area contributed by atoms with E-state index >= 15 is 0 Å². The number of oxazole rings is 1. The summed E-state index contributed by atoms with van der Waals surface area (Å²) in [5.41, 5.74) is 1.90. The van der Waals surface area contributed by atoms with Crippen molar-refractivity contribution in [3.05, 3.63) is 47.0 Å². The molecule has 1 aliphatic heterocycles. The predicted molar refractivity (Wildman–Crippen MR) is 83.4 cm³/mol. The first kappa shape index (κ1) is 13.7. The highest BCUT2D eigenvalue weighted by Crippen LogP contribution is 2.33. The van der Waals surface area contributed by atoms with Crippen molar-refractivity contribution in [2.75, 3.05) is 6.54 Å². The van der Waals surface area contributed by atoms with E-state index in [9.17, 15) is 0 Å². The van der Waals surface area contributed by atoms with Gasteiger partial charge in [0.05, 0.1) is 22.3 Å². The van der Waals surface area contributed by atoms with E-state index < -0.39 is 0 Å². The summed E-state index contributed by atoms with van der Waals surface area (Å²) in [7, 11) is 0. The molecule has 1 unspecified atom stereocenters. The topological polar surface area (TPSA) is 55.3 Å². The fourth-order valence-corrected chi connectivity index (χ4v) is 3.63. The zero-order chi connectivity index (χ0) is 14.9. The number of rotatable bonds is 4. The van der Waals surface area contributed by atoms with Crippen LogP contribution in [0, 0.1) is 6.92 Å². The molecule has 0 aromatic carbocycles. The second kappa shape index (κ2) is 5.70. The number of aryl methyl sites for hydroxylation is 1. The van der Waals surface area contributed by atoms with Gasteiger partial charge >= 0.3 is 0 Å². The van der Waals surface area contributed by atoms with Crippen molar-refractivity contribution in [1.29, 1.82) is 0 Å². The van der Waals surface area contributed by atoms with Crippen LogP contribution in [0.1, 0.15) is 36.0 Å². The van der Waals surface area contributed by atoms with Crippen LogP contribution in [-0.4, -0.2) is 21.6 Å². The summed E-state index contributed by atoms with van der Waals surface area (Å²) in [6, 6.07) is 6.36. The monoisotopic (exact) mass is 315 g/mol. The minimum Gasteiger partial charge on any atom is -0.444 e. The summed E-state index contributed by atoms with van der Waals surface area (Å²) >= 11 is 1.64. The highest BCUT2D eigenvalue weighted by molar-refractivity contribution is 7.13. The fourth-order valence-electron chi connectivity index (χ4n) is 2.98. The van der Waals surface area contributed by atoms with E-state index in [-0.39, 0.29) is 0 Å². The van der Waals surface area contributed by atoms with Gasteiger partial charge in [-0.15, -0.1) is 11.3 Å². The summed E-state index contributed by atoms with van der Waals surface area (Å²) in [4.78, 5) is 8.06. The molecule has 4 heterocycles. The number of aromatic nitrogens is 2. The van der Waals surface area contributed by atoms with Gasteiger partial charge in [-0.1, -0.05) is 11.2 Å². The second-order valence-electron chi connectivity index (χ2n) is 5.62. The maximum Gasteiger partial charge on any atom is 0.236 e. The lowest BCUT2D eigenvalue weighted by molar-refractivity contribution is 0.204. The van der Waals surface area contributed by atoms with Crippen molar-refractivity contribution in [2.24, 2.45) is 0 Å². The lowest BCUT2D eigenvalue weighted by Gasteiger charge is -2.20. The van der Waals surface area contributed by atoms with Crippen LogP contribution in [-0.2, 0) is 6.54 Å². The molecule has 3 aromatic heterocycles. The smallest absolute Gasteiger partial charge is 0.236 e. The van der Waals surface area contributed by atoms with Gasteiger partial charge in [-0.2, -0.15) is 0 Å². The molecule has 114 valence electrons. The largest absolute Gasteiger partial charge is 0.444 e. The quantitative estimate of drug-likeness (QED) is 0.727. The first-order valence-electron chi connectivity index (χ1n) is 7.45. The molecule has 0 saturated carbocycles. The standard InChI is InChI=1S/C16H17N3O2S/c1-11-8-14(21-18-11)13-4-2-6-19(13)9-12-10-20-16(17-12)15-5-3-7-22-15/h3,5,7-8,10,13H,2,4,6,9H2,1H3. The molecule has 1 saturated heterocycles. The predicted octanol–water partition coefficient (Wildman–Crippen LogP) is 4.04. The molecule has 1 fully saturated rings. The normalized spacial score (nSPS) is 19.0. The lowest BCUT2D eigenvalue weighted by atomic mass is 10.1. The molecule has 0 N–H and O–H groups in total. The minimum absolute atomic E-state index is 0.295. The van der Waals surface area contributed by atoms with Crippen molar-refractivity contribution >= 4 is 11.3 Å². The van der Waals surface area contributed by atoms with Crippen LogP contribution in [0.3, 0.4) is 0 Å². The number of hydrogen-bond donors (Lipinski definition) is 0. The van der Waals surface area contributed by atoms with Crippen LogP contribution in [0.4, 0.5) is 0 Å². The van der Waals surface area contributed by atoms with Gasteiger partial charge in [-0.25, -0.2) is 4.98 Å². The maximum absolute atomic E-state index is 5.60. The van der Waals surface area contributed by atoms with Crippen molar-refractivity contribution in [3.8, 4) is 10.8 Å². The molecule has 4 rings (SSSR count). The van der Waals surface area contributed by atoms with E-state index in [1.165, 1.54) is 6.42 Å². The van der Waals surface area contributed by atoms with E-state index in [2.05, 4.69) is 15.0 Å². The minimum atomic E-state index is 0.295. The van der Waals surface area contributed by atoms with Gasteiger partial charge in [0.2, 0.25) is 5.89 Å². The highest BCUT2D eigenvalue weighted by Gasteiger charge is 2.29. The Bertz CT molecular complexity index is 747. The van der Waals surface area contributed by atoms with E-state index in [0.29, 0.717) is 11.9 Å². The third-order valence-electron chi connectivity index (χ3n) is 3.99. The van der Waals surface area contributed by atoms with Gasteiger partial charge in [-0.05, 0) is 37.8 Å². The van der Waals surface area contributed by atoms with Gasteiger partial charge in [0.25, 0.3) is 0 Å². The highest BCUT2D eigenvalue weighted by atomic mass is 32.1. The third-order valence-corrected chi connectivity index (χ3v) is 4.84. The average molecular weight is 315 g/mol. The summed E-state index contributed by atoms with van der Waals surface area (Å²) in [5, 5.41) is 6.04. The molecule has 0 bridgehead atoms. The van der Waals surface area contributed by atoms with Crippen LogP contribution in [0.15, 0.2) is 38.8 Å². The zero-order valence-corrected chi connectivity index (χ0v) is 13.2. The molecule has 0 spiro atoms. The number of likely N-dealkylation sites (tertiary alicyclic amines) is 1. The van der Waals surface area contributed by atoms with Gasteiger partial charge in [0, 0.05) is 12.6 Å². The van der Waals surface area contributed by atoms with Crippen LogP contribution in [0.5, 0.6) is 0 Å². The van der Waals surface area contributed by atoms with Crippen LogP contribution >= 0.6 is 11.3 Å². The lowest BCUT2D eigenvalue weighted by Crippen LogP contribution is -2.22. The Labute approximate surface area is 132 Å². The SMILES string of the molecule is Cc1cc(C2CCCN2Cc2coc(-c3cccs3)n2)on1. The average Bonchev–Trinajstić information content (AvgIpc) is 3.26. The molecular weight excluding hydrogens is 298 g/mol. The second-order valence-corrected chi connectivity index (χ2v) is 6.57. The number of nitrogens with zero attached hydrogens (tertiary/aromatic N) is 3. The zero-order valence-electron chi connectivity index (χ0n) is 12.4. The third kappa shape index (κ3) is 2.60. The Morgan fingerprint density at radius 2 is 2.41 bits per heavy atom. The number of hydrogen-bond acceptors (Lipinski definition) is 6. The molecule has 1 atom stereocenters. The van der Waals surface area contributed by atoms with Gasteiger partial charge in [0.15, 0.2) is 5.76 Å². The van der Waals surface area contributed by atoms with Crippen LogP contribution in [0.25, 0.3) is 10.8 Å². The van der Waals surface area contributed by atoms with Gasteiger partial charge in [-0.3, -0.25) is 4.90 Å². The summed E-state index contributed by atoms with van der Waals surface area (Å²) in [6.07, 6.45) is 4.03. The van der Waals surface area contributed by atoms with E-state index in [1.54, 1.807) is 17.6 Å². The molecule has 6 heteroatoms. The van der Waals surface area contributed by atoms with E-state index in [4.69, 9.17) is 8.94 Å². The van der Waals surface area contributed by atoms with E-state index in [1.807, 2.05) is 30.5 Å². The van der Waals surface area contributed by atoms with Gasteiger partial charge in [0.1, 0.15) is 6.26 Å². The van der Waals surface area contributed by atoms with Gasteiger partial charge < -0.3 is 8.94 Å². The molecule has 5 nitrogen and oxygen atoms in total. The molecule has 0 radical (unpaired) electrons. The molecule has 22 heavy (non-hydrogen) atoms. The Morgan fingerprint density at radius 3 is 3.18 bits per heavy atom. The number of thiophene rings is 1. The fraction of sp³-hybridized carbons (Fsp3) is 0.375. The van der Waals surface area contributed by atoms with Crippen molar-refractivity contribution in [2.45, 2.75) is 32.4 Å². The molecule has 3 aromatic rings. The molecule has 0 amide bonds. The first-order chi connectivity index (χ1) is 10.8. The van der Waals surface area contributed by atoms with Crippen molar-refractivity contribution < 1.29 is 8.94 Å². The molecule has 1 aliphatic rings.